The summed E-state index contributed by atoms with van der Waals surface area (Å²) in [7, 11) is 6.37. The van der Waals surface area contributed by atoms with E-state index in [0.717, 1.165) is 6.67 Å². The SMILES string of the molecule is CCC(C)(C)N(C)CN(C)C. The minimum absolute atomic E-state index is 0.324. The van der Waals surface area contributed by atoms with Crippen LogP contribution in [-0.4, -0.2) is 43.2 Å². The lowest BCUT2D eigenvalue weighted by Crippen LogP contribution is -2.45. The zero-order valence-corrected chi connectivity index (χ0v) is 8.81. The molecule has 0 aromatic carbocycles. The first-order valence-corrected chi connectivity index (χ1v) is 4.26. The van der Waals surface area contributed by atoms with Crippen LogP contribution in [-0.2, 0) is 0 Å². The topological polar surface area (TPSA) is 6.48 Å². The molecule has 0 atom stereocenters. The van der Waals surface area contributed by atoms with Gasteiger partial charge in [0.05, 0.1) is 6.67 Å². The molecule has 0 saturated carbocycles. The van der Waals surface area contributed by atoms with Crippen LogP contribution in [0.2, 0.25) is 0 Å². The molecule has 0 radical (unpaired) electrons. The summed E-state index contributed by atoms with van der Waals surface area (Å²) in [6.07, 6.45) is 1.19. The molecule has 0 aromatic heterocycles. The van der Waals surface area contributed by atoms with Crippen LogP contribution in [0.3, 0.4) is 0 Å². The summed E-state index contributed by atoms with van der Waals surface area (Å²) in [5.41, 5.74) is 0.324. The standard InChI is InChI=1S/C9H22N2/c1-7-9(2,3)11(6)8-10(4)5/h7-8H2,1-6H3. The predicted octanol–water partition coefficient (Wildman–Crippen LogP) is 1.63. The molecule has 2 heteroatoms. The van der Waals surface area contributed by atoms with Crippen LogP contribution in [0.15, 0.2) is 0 Å². The van der Waals surface area contributed by atoms with Gasteiger partial charge < -0.3 is 0 Å². The van der Waals surface area contributed by atoms with Crippen LogP contribution in [0.5, 0.6) is 0 Å². The summed E-state index contributed by atoms with van der Waals surface area (Å²) in [5.74, 6) is 0. The maximum Gasteiger partial charge on any atom is 0.0502 e. The monoisotopic (exact) mass is 158 g/mol. The zero-order chi connectivity index (χ0) is 9.07. The summed E-state index contributed by atoms with van der Waals surface area (Å²) < 4.78 is 0. The summed E-state index contributed by atoms with van der Waals surface area (Å²) in [5, 5.41) is 0. The molecule has 0 fully saturated rings. The lowest BCUT2D eigenvalue weighted by atomic mass is 10.0. The van der Waals surface area contributed by atoms with E-state index in [1.807, 2.05) is 0 Å². The minimum atomic E-state index is 0.324. The van der Waals surface area contributed by atoms with Crippen LogP contribution in [0.1, 0.15) is 27.2 Å². The van der Waals surface area contributed by atoms with E-state index < -0.39 is 0 Å². The van der Waals surface area contributed by atoms with Crippen LogP contribution in [0.25, 0.3) is 0 Å². The number of rotatable bonds is 4. The van der Waals surface area contributed by atoms with Gasteiger partial charge in [0, 0.05) is 5.54 Å². The van der Waals surface area contributed by atoms with Crippen molar-refractivity contribution in [1.29, 1.82) is 0 Å². The van der Waals surface area contributed by atoms with Crippen LogP contribution in [0, 0.1) is 0 Å². The summed E-state index contributed by atoms with van der Waals surface area (Å²) in [6, 6.07) is 0. The Morgan fingerprint density at radius 1 is 1.09 bits per heavy atom. The molecule has 2 nitrogen and oxygen atoms in total. The highest BCUT2D eigenvalue weighted by atomic mass is 15.3. The van der Waals surface area contributed by atoms with Crippen molar-refractivity contribution < 1.29 is 0 Å². The van der Waals surface area contributed by atoms with E-state index in [2.05, 4.69) is 51.7 Å². The van der Waals surface area contributed by atoms with Crippen LogP contribution < -0.4 is 0 Å². The van der Waals surface area contributed by atoms with E-state index in [1.165, 1.54) is 6.42 Å². The van der Waals surface area contributed by atoms with Gasteiger partial charge in [-0.2, -0.15) is 0 Å². The molecule has 0 aliphatic rings. The van der Waals surface area contributed by atoms with Gasteiger partial charge in [-0.05, 0) is 41.4 Å². The quantitative estimate of drug-likeness (QED) is 0.574. The third-order valence-electron chi connectivity index (χ3n) is 2.39. The Bertz CT molecular complexity index is 108. The van der Waals surface area contributed by atoms with Gasteiger partial charge in [-0.1, -0.05) is 6.92 Å². The van der Waals surface area contributed by atoms with Crippen molar-refractivity contribution in [3.63, 3.8) is 0 Å². The van der Waals surface area contributed by atoms with Gasteiger partial charge in [0.1, 0.15) is 0 Å². The van der Waals surface area contributed by atoms with Gasteiger partial charge in [-0.25, -0.2) is 0 Å². The summed E-state index contributed by atoms with van der Waals surface area (Å²) in [6.45, 7) is 7.81. The Hall–Kier alpha value is -0.0800. The molecule has 0 aromatic rings. The Labute approximate surface area is 71.2 Å². The molecule has 11 heavy (non-hydrogen) atoms. The van der Waals surface area contributed by atoms with E-state index in [0.29, 0.717) is 5.54 Å². The Morgan fingerprint density at radius 3 is 1.82 bits per heavy atom. The Kier molecular flexibility index (Phi) is 4.04. The van der Waals surface area contributed by atoms with E-state index in [9.17, 15) is 0 Å². The average Bonchev–Trinajstić information content (AvgIpc) is 1.86. The molecule has 68 valence electrons. The predicted molar refractivity (Wildman–Crippen MR) is 50.7 cm³/mol. The van der Waals surface area contributed by atoms with Gasteiger partial charge in [-0.3, -0.25) is 9.80 Å². The maximum atomic E-state index is 2.37. The molecule has 0 unspecified atom stereocenters. The molecule has 0 heterocycles. The first kappa shape index (κ1) is 10.9. The number of hydrogen-bond acceptors (Lipinski definition) is 2. The normalized spacial score (nSPS) is 13.1. The largest absolute Gasteiger partial charge is 0.297 e. The molecular weight excluding hydrogens is 136 g/mol. The fourth-order valence-electron chi connectivity index (χ4n) is 0.886. The molecule has 0 aliphatic carbocycles. The van der Waals surface area contributed by atoms with Crippen LogP contribution >= 0.6 is 0 Å². The van der Waals surface area contributed by atoms with Crippen molar-refractivity contribution in [2.75, 3.05) is 27.8 Å². The highest BCUT2D eigenvalue weighted by Gasteiger charge is 2.20. The molecule has 0 saturated heterocycles. The average molecular weight is 158 g/mol. The maximum absolute atomic E-state index is 2.37. The number of nitrogens with zero attached hydrogens (tertiary/aromatic N) is 2. The second-order valence-electron chi connectivity index (χ2n) is 4.09. The van der Waals surface area contributed by atoms with Crippen molar-refractivity contribution >= 4 is 0 Å². The van der Waals surface area contributed by atoms with Gasteiger partial charge in [-0.15, -0.1) is 0 Å². The number of hydrogen-bond donors (Lipinski definition) is 0. The molecule has 0 spiro atoms. The molecule has 0 N–H and O–H groups in total. The van der Waals surface area contributed by atoms with E-state index in [-0.39, 0.29) is 0 Å². The van der Waals surface area contributed by atoms with Crippen molar-refractivity contribution in [3.05, 3.63) is 0 Å². The van der Waals surface area contributed by atoms with Gasteiger partial charge >= 0.3 is 0 Å². The highest BCUT2D eigenvalue weighted by molar-refractivity contribution is 4.76. The van der Waals surface area contributed by atoms with Gasteiger partial charge in [0.15, 0.2) is 0 Å². The lowest BCUT2D eigenvalue weighted by molar-refractivity contribution is 0.0943. The van der Waals surface area contributed by atoms with Crippen molar-refractivity contribution in [3.8, 4) is 0 Å². The van der Waals surface area contributed by atoms with Gasteiger partial charge in [0.2, 0.25) is 0 Å². The zero-order valence-electron chi connectivity index (χ0n) is 8.81. The molecular formula is C9H22N2. The van der Waals surface area contributed by atoms with Crippen molar-refractivity contribution in [2.24, 2.45) is 0 Å². The first-order valence-electron chi connectivity index (χ1n) is 4.26. The van der Waals surface area contributed by atoms with Gasteiger partial charge in [0.25, 0.3) is 0 Å². The second-order valence-corrected chi connectivity index (χ2v) is 4.09. The Morgan fingerprint density at radius 2 is 1.55 bits per heavy atom. The third kappa shape index (κ3) is 3.73. The fourth-order valence-corrected chi connectivity index (χ4v) is 0.886. The van der Waals surface area contributed by atoms with E-state index in [4.69, 9.17) is 0 Å². The molecule has 0 bridgehead atoms. The van der Waals surface area contributed by atoms with E-state index >= 15 is 0 Å². The fraction of sp³-hybridized carbons (Fsp3) is 1.00. The third-order valence-corrected chi connectivity index (χ3v) is 2.39. The minimum Gasteiger partial charge on any atom is -0.297 e. The summed E-state index contributed by atoms with van der Waals surface area (Å²) in [4.78, 5) is 4.56. The van der Waals surface area contributed by atoms with Crippen molar-refractivity contribution in [2.45, 2.75) is 32.7 Å². The second kappa shape index (κ2) is 4.07. The van der Waals surface area contributed by atoms with E-state index in [1.54, 1.807) is 0 Å². The lowest BCUT2D eigenvalue weighted by Gasteiger charge is -2.36. The smallest absolute Gasteiger partial charge is 0.0502 e. The molecule has 0 amide bonds. The summed E-state index contributed by atoms with van der Waals surface area (Å²) >= 11 is 0. The van der Waals surface area contributed by atoms with Crippen LogP contribution in [0.4, 0.5) is 0 Å². The molecule has 0 rings (SSSR count). The Balaban J connectivity index is 3.90. The highest BCUT2D eigenvalue weighted by Crippen LogP contribution is 2.15. The molecule has 0 aliphatic heterocycles. The van der Waals surface area contributed by atoms with Crippen molar-refractivity contribution in [1.82, 2.24) is 9.80 Å². The first-order chi connectivity index (χ1) is 4.90.